The van der Waals surface area contributed by atoms with E-state index in [1.54, 1.807) is 37.3 Å². The van der Waals surface area contributed by atoms with Crippen molar-refractivity contribution in [3.63, 3.8) is 0 Å². The first kappa shape index (κ1) is 19.6. The van der Waals surface area contributed by atoms with Gasteiger partial charge in [0.2, 0.25) is 0 Å². The van der Waals surface area contributed by atoms with Crippen LogP contribution in [0.15, 0.2) is 65.8 Å². The van der Waals surface area contributed by atoms with Crippen molar-refractivity contribution in [2.24, 2.45) is 0 Å². The molecule has 0 spiro atoms. The van der Waals surface area contributed by atoms with Crippen molar-refractivity contribution >= 4 is 27.3 Å². The summed E-state index contributed by atoms with van der Waals surface area (Å²) in [4.78, 5) is 16.6. The molecule has 1 heterocycles. The number of aromatic nitrogens is 1. The lowest BCUT2D eigenvalue weighted by Crippen LogP contribution is -2.16. The molecule has 0 fully saturated rings. The van der Waals surface area contributed by atoms with Crippen LogP contribution in [-0.4, -0.2) is 19.3 Å². The van der Waals surface area contributed by atoms with Gasteiger partial charge in [-0.3, -0.25) is 14.5 Å². The van der Waals surface area contributed by atoms with E-state index in [0.717, 1.165) is 11.1 Å². The number of pyridine rings is 1. The third kappa shape index (κ3) is 4.55. The highest BCUT2D eigenvalue weighted by Gasteiger charge is 2.18. The summed E-state index contributed by atoms with van der Waals surface area (Å²) in [6.45, 7) is 5.60. The van der Waals surface area contributed by atoms with Crippen LogP contribution in [0.25, 0.3) is 0 Å². The maximum atomic E-state index is 12.7. The van der Waals surface area contributed by atoms with Crippen LogP contribution in [0, 0.1) is 20.8 Å². The molecular formula is C21H21N3O3S. The predicted octanol–water partition coefficient (Wildman–Crippen LogP) is 4.06. The number of sulfonamides is 1. The molecule has 2 N–H and O–H groups in total. The molecule has 0 radical (unpaired) electrons. The van der Waals surface area contributed by atoms with Crippen LogP contribution in [0.4, 0.5) is 11.4 Å². The second-order valence-electron chi connectivity index (χ2n) is 6.66. The zero-order valence-corrected chi connectivity index (χ0v) is 16.7. The topological polar surface area (TPSA) is 88.2 Å². The molecule has 6 nitrogen and oxygen atoms in total. The van der Waals surface area contributed by atoms with E-state index in [9.17, 15) is 13.2 Å². The van der Waals surface area contributed by atoms with Crippen LogP contribution < -0.4 is 10.0 Å². The largest absolute Gasteiger partial charge is 0.322 e. The first-order valence-electron chi connectivity index (χ1n) is 8.68. The first-order chi connectivity index (χ1) is 13.2. The fourth-order valence-electron chi connectivity index (χ4n) is 2.77. The third-order valence-corrected chi connectivity index (χ3v) is 5.72. The van der Waals surface area contributed by atoms with E-state index < -0.39 is 10.0 Å². The van der Waals surface area contributed by atoms with Gasteiger partial charge in [0.25, 0.3) is 15.9 Å². The highest BCUT2D eigenvalue weighted by molar-refractivity contribution is 7.92. The number of hydrogen-bond acceptors (Lipinski definition) is 4. The van der Waals surface area contributed by atoms with Crippen molar-refractivity contribution in [2.75, 3.05) is 10.0 Å². The first-order valence-corrected chi connectivity index (χ1v) is 10.2. The van der Waals surface area contributed by atoms with Gasteiger partial charge in [-0.2, -0.15) is 0 Å². The summed E-state index contributed by atoms with van der Waals surface area (Å²) in [5.41, 5.74) is 3.83. The van der Waals surface area contributed by atoms with Gasteiger partial charge in [0.15, 0.2) is 0 Å². The summed E-state index contributed by atoms with van der Waals surface area (Å²) in [6.07, 6.45) is 2.75. The summed E-state index contributed by atoms with van der Waals surface area (Å²) in [7, 11) is -3.79. The van der Waals surface area contributed by atoms with Gasteiger partial charge in [0, 0.05) is 11.9 Å². The lowest BCUT2D eigenvalue weighted by molar-refractivity contribution is 0.102. The Morgan fingerprint density at radius 3 is 2.21 bits per heavy atom. The summed E-state index contributed by atoms with van der Waals surface area (Å²) >= 11 is 0. The van der Waals surface area contributed by atoms with Crippen LogP contribution in [0.3, 0.4) is 0 Å². The smallest absolute Gasteiger partial charge is 0.262 e. The predicted molar refractivity (Wildman–Crippen MR) is 110 cm³/mol. The number of hydrogen-bond donors (Lipinski definition) is 2. The van der Waals surface area contributed by atoms with Crippen LogP contribution in [0.1, 0.15) is 27.0 Å². The van der Waals surface area contributed by atoms with Crippen molar-refractivity contribution in [3.8, 4) is 0 Å². The van der Waals surface area contributed by atoms with Crippen LogP contribution in [0.5, 0.6) is 0 Å². The lowest BCUT2D eigenvalue weighted by atomic mass is 10.2. The fourth-order valence-corrected chi connectivity index (χ4v) is 4.03. The summed E-state index contributed by atoms with van der Waals surface area (Å²) in [5.74, 6) is -0.371. The number of aryl methyl sites for hydroxylation is 3. The Morgan fingerprint density at radius 2 is 1.54 bits per heavy atom. The molecule has 0 aliphatic heterocycles. The van der Waals surface area contributed by atoms with Crippen LogP contribution in [0.2, 0.25) is 0 Å². The zero-order chi connectivity index (χ0) is 20.3. The van der Waals surface area contributed by atoms with E-state index in [2.05, 4.69) is 15.0 Å². The summed E-state index contributed by atoms with van der Waals surface area (Å²) in [6, 6.07) is 13.9. The second-order valence-corrected chi connectivity index (χ2v) is 8.31. The molecule has 0 saturated heterocycles. The molecule has 28 heavy (non-hydrogen) atoms. The number of carbonyl (C=O) groups excluding carboxylic acids is 1. The molecule has 2 aromatic carbocycles. The minimum absolute atomic E-state index is 0.188. The van der Waals surface area contributed by atoms with Crippen molar-refractivity contribution in [3.05, 3.63) is 83.2 Å². The molecule has 0 unspecified atom stereocenters. The van der Waals surface area contributed by atoms with Gasteiger partial charge in [-0.1, -0.05) is 35.4 Å². The van der Waals surface area contributed by atoms with Crippen molar-refractivity contribution in [2.45, 2.75) is 25.7 Å². The number of nitrogens with zero attached hydrogens (tertiary/aromatic N) is 1. The minimum atomic E-state index is -3.79. The van der Waals surface area contributed by atoms with Crippen molar-refractivity contribution in [1.29, 1.82) is 0 Å². The molecule has 0 aliphatic carbocycles. The van der Waals surface area contributed by atoms with E-state index >= 15 is 0 Å². The van der Waals surface area contributed by atoms with Gasteiger partial charge in [-0.15, -0.1) is 0 Å². The van der Waals surface area contributed by atoms with E-state index in [4.69, 9.17) is 0 Å². The van der Waals surface area contributed by atoms with Crippen LogP contribution >= 0.6 is 0 Å². The zero-order valence-electron chi connectivity index (χ0n) is 15.9. The van der Waals surface area contributed by atoms with Gasteiger partial charge in [-0.05, 0) is 50.6 Å². The lowest BCUT2D eigenvalue weighted by Gasteiger charge is -2.12. The molecule has 3 rings (SSSR count). The van der Waals surface area contributed by atoms with Gasteiger partial charge in [0.05, 0.1) is 22.3 Å². The average Bonchev–Trinajstić information content (AvgIpc) is 2.63. The standard InChI is InChI=1S/C21H21N3O3S/c1-14-4-7-18(8-5-14)23-21(25)17-11-19(13-22-12-17)24-28(26,27)20-9-6-15(2)10-16(20)3/h4-13,24H,1-3H3,(H,23,25). The molecule has 1 aromatic heterocycles. The SMILES string of the molecule is Cc1ccc(NC(=O)c2cncc(NS(=O)(=O)c3ccc(C)cc3C)c2)cc1. The number of anilines is 2. The van der Waals surface area contributed by atoms with E-state index in [1.165, 1.54) is 18.5 Å². The fraction of sp³-hybridized carbons (Fsp3) is 0.143. The van der Waals surface area contributed by atoms with Gasteiger partial charge in [0.1, 0.15) is 0 Å². The summed E-state index contributed by atoms with van der Waals surface area (Å²) < 4.78 is 27.9. The average molecular weight is 395 g/mol. The maximum Gasteiger partial charge on any atom is 0.262 e. The highest BCUT2D eigenvalue weighted by atomic mass is 32.2. The molecule has 7 heteroatoms. The van der Waals surface area contributed by atoms with Crippen molar-refractivity contribution < 1.29 is 13.2 Å². The van der Waals surface area contributed by atoms with Crippen molar-refractivity contribution in [1.82, 2.24) is 4.98 Å². The Kier molecular flexibility index (Phi) is 5.46. The Bertz CT molecular complexity index is 1120. The van der Waals surface area contributed by atoms with Crippen LogP contribution in [-0.2, 0) is 10.0 Å². The molecule has 0 atom stereocenters. The third-order valence-electron chi connectivity index (χ3n) is 4.18. The van der Waals surface area contributed by atoms with E-state index in [1.807, 2.05) is 26.0 Å². The Morgan fingerprint density at radius 1 is 0.857 bits per heavy atom. The van der Waals surface area contributed by atoms with Gasteiger partial charge >= 0.3 is 0 Å². The number of benzene rings is 2. The quantitative estimate of drug-likeness (QED) is 0.682. The molecule has 0 aliphatic rings. The molecular weight excluding hydrogens is 374 g/mol. The molecule has 1 amide bonds. The maximum absolute atomic E-state index is 12.7. The number of carbonyl (C=O) groups is 1. The number of rotatable bonds is 5. The molecule has 3 aromatic rings. The Labute approximate surface area is 164 Å². The number of nitrogens with one attached hydrogen (secondary N) is 2. The van der Waals surface area contributed by atoms with E-state index in [0.29, 0.717) is 11.3 Å². The minimum Gasteiger partial charge on any atom is -0.322 e. The summed E-state index contributed by atoms with van der Waals surface area (Å²) in [5, 5.41) is 2.77. The molecule has 0 saturated carbocycles. The second kappa shape index (κ2) is 7.82. The molecule has 144 valence electrons. The highest BCUT2D eigenvalue weighted by Crippen LogP contribution is 2.21. The normalized spacial score (nSPS) is 11.1. The van der Waals surface area contributed by atoms with Gasteiger partial charge < -0.3 is 5.32 Å². The Balaban J connectivity index is 1.80. The Hall–Kier alpha value is -3.19. The van der Waals surface area contributed by atoms with Gasteiger partial charge in [-0.25, -0.2) is 8.42 Å². The monoisotopic (exact) mass is 395 g/mol. The molecule has 0 bridgehead atoms. The van der Waals surface area contributed by atoms with E-state index in [-0.39, 0.29) is 22.1 Å². The number of amides is 1.